The number of carbonyl (C=O) groups excluding carboxylic acids is 1. The van der Waals surface area contributed by atoms with Crippen molar-refractivity contribution >= 4 is 27.5 Å². The molecular formula is C16H23N3OS. The molecule has 1 aromatic carbocycles. The number of para-hydroxylation sites is 1. The second-order valence-electron chi connectivity index (χ2n) is 5.27. The van der Waals surface area contributed by atoms with Gasteiger partial charge in [-0.3, -0.25) is 4.79 Å². The number of thiazole rings is 1. The minimum Gasteiger partial charge on any atom is -0.355 e. The van der Waals surface area contributed by atoms with Gasteiger partial charge in [0.15, 0.2) is 0 Å². The summed E-state index contributed by atoms with van der Waals surface area (Å²) in [5.41, 5.74) is 6.40. The Morgan fingerprint density at radius 2 is 2.05 bits per heavy atom. The van der Waals surface area contributed by atoms with Gasteiger partial charge in [-0.2, -0.15) is 0 Å². The summed E-state index contributed by atoms with van der Waals surface area (Å²) in [7, 11) is 0. The topological polar surface area (TPSA) is 68.0 Å². The predicted molar refractivity (Wildman–Crippen MR) is 88.4 cm³/mol. The van der Waals surface area contributed by atoms with Crippen LogP contribution in [0.15, 0.2) is 24.3 Å². The number of aromatic nitrogens is 1. The van der Waals surface area contributed by atoms with Gasteiger partial charge in [-0.25, -0.2) is 4.98 Å². The molecule has 0 aliphatic carbocycles. The van der Waals surface area contributed by atoms with E-state index < -0.39 is 5.41 Å². The van der Waals surface area contributed by atoms with E-state index in [9.17, 15) is 4.79 Å². The third-order valence-corrected chi connectivity index (χ3v) is 5.28. The first-order valence-corrected chi connectivity index (χ1v) is 8.29. The lowest BCUT2D eigenvalue weighted by atomic mass is 9.81. The molecule has 0 fully saturated rings. The lowest BCUT2D eigenvalue weighted by Gasteiger charge is -2.28. The molecule has 5 heteroatoms. The number of hydrogen-bond acceptors (Lipinski definition) is 4. The lowest BCUT2D eigenvalue weighted by Crippen LogP contribution is -2.45. The van der Waals surface area contributed by atoms with Gasteiger partial charge < -0.3 is 11.1 Å². The van der Waals surface area contributed by atoms with E-state index in [1.807, 2.05) is 32.0 Å². The Morgan fingerprint density at radius 1 is 1.33 bits per heavy atom. The van der Waals surface area contributed by atoms with E-state index in [-0.39, 0.29) is 5.91 Å². The predicted octanol–water partition coefficient (Wildman–Crippen LogP) is 2.72. The van der Waals surface area contributed by atoms with Crippen molar-refractivity contribution in [3.63, 3.8) is 0 Å². The lowest BCUT2D eigenvalue weighted by molar-refractivity contribution is -0.131. The number of nitrogens with one attached hydrogen (secondary N) is 1. The highest BCUT2D eigenvalue weighted by Crippen LogP contribution is 2.25. The monoisotopic (exact) mass is 305 g/mol. The minimum atomic E-state index is -0.423. The van der Waals surface area contributed by atoms with Crippen molar-refractivity contribution in [2.45, 2.75) is 33.1 Å². The highest BCUT2D eigenvalue weighted by Gasteiger charge is 2.32. The third-order valence-electron chi connectivity index (χ3n) is 4.19. The Morgan fingerprint density at radius 3 is 2.67 bits per heavy atom. The number of nitrogens with zero attached hydrogens (tertiary/aromatic N) is 1. The van der Waals surface area contributed by atoms with Gasteiger partial charge in [0.1, 0.15) is 0 Å². The Balaban J connectivity index is 1.93. The summed E-state index contributed by atoms with van der Waals surface area (Å²) in [6, 6.07) is 8.10. The molecule has 1 heterocycles. The number of carbonyl (C=O) groups is 1. The van der Waals surface area contributed by atoms with Crippen LogP contribution in [0.1, 0.15) is 31.7 Å². The number of rotatable bonds is 7. The van der Waals surface area contributed by atoms with Gasteiger partial charge in [0.2, 0.25) is 5.91 Å². The molecule has 0 radical (unpaired) electrons. The van der Waals surface area contributed by atoms with E-state index in [4.69, 9.17) is 5.73 Å². The molecule has 21 heavy (non-hydrogen) atoms. The van der Waals surface area contributed by atoms with Crippen molar-refractivity contribution in [3.8, 4) is 0 Å². The minimum absolute atomic E-state index is 0.0658. The molecule has 2 aromatic rings. The van der Waals surface area contributed by atoms with Crippen LogP contribution in [-0.2, 0) is 11.2 Å². The number of nitrogens with two attached hydrogens (primary N) is 1. The van der Waals surface area contributed by atoms with E-state index in [1.54, 1.807) is 11.3 Å². The smallest absolute Gasteiger partial charge is 0.227 e. The van der Waals surface area contributed by atoms with Crippen molar-refractivity contribution in [1.29, 1.82) is 0 Å². The van der Waals surface area contributed by atoms with Crippen LogP contribution in [0.3, 0.4) is 0 Å². The van der Waals surface area contributed by atoms with Crippen LogP contribution in [0.5, 0.6) is 0 Å². The van der Waals surface area contributed by atoms with Crippen LogP contribution < -0.4 is 11.1 Å². The number of hydrogen-bond donors (Lipinski definition) is 2. The summed E-state index contributed by atoms with van der Waals surface area (Å²) in [5.74, 6) is 0.0658. The highest BCUT2D eigenvalue weighted by molar-refractivity contribution is 7.18. The normalized spacial score (nSPS) is 11.8. The van der Waals surface area contributed by atoms with E-state index in [0.717, 1.165) is 29.8 Å². The van der Waals surface area contributed by atoms with Crippen molar-refractivity contribution < 1.29 is 4.79 Å². The van der Waals surface area contributed by atoms with Crippen LogP contribution in [0.2, 0.25) is 0 Å². The first-order valence-electron chi connectivity index (χ1n) is 7.48. The van der Waals surface area contributed by atoms with Crippen LogP contribution in [0, 0.1) is 5.41 Å². The molecule has 0 saturated carbocycles. The first kappa shape index (κ1) is 15.9. The fraction of sp³-hybridized carbons (Fsp3) is 0.500. The molecule has 4 nitrogen and oxygen atoms in total. The molecule has 0 bridgehead atoms. The Kier molecular flexibility index (Phi) is 5.31. The second kappa shape index (κ2) is 7.00. The zero-order valence-electron chi connectivity index (χ0n) is 12.7. The maximum atomic E-state index is 12.3. The zero-order valence-corrected chi connectivity index (χ0v) is 13.5. The SMILES string of the molecule is CCC(CC)(CN)C(=O)NCCc1nc2ccccc2s1. The Bertz CT molecular complexity index is 563. The van der Waals surface area contributed by atoms with Gasteiger partial charge in [-0.1, -0.05) is 26.0 Å². The number of fused-ring (bicyclic) bond motifs is 1. The van der Waals surface area contributed by atoms with Gasteiger partial charge in [-0.05, 0) is 25.0 Å². The standard InChI is InChI=1S/C16H23N3OS/c1-3-16(4-2,11-17)15(20)18-10-9-14-19-12-7-5-6-8-13(12)21-14/h5-8H,3-4,9-11,17H2,1-2H3,(H,18,20). The second-order valence-corrected chi connectivity index (χ2v) is 6.39. The van der Waals surface area contributed by atoms with Crippen LogP contribution in [-0.4, -0.2) is 24.0 Å². The van der Waals surface area contributed by atoms with Crippen molar-refractivity contribution in [2.75, 3.05) is 13.1 Å². The largest absolute Gasteiger partial charge is 0.355 e. The maximum absolute atomic E-state index is 12.3. The Labute approximate surface area is 129 Å². The molecule has 0 unspecified atom stereocenters. The number of benzene rings is 1. The molecule has 1 aromatic heterocycles. The Hall–Kier alpha value is -1.46. The molecule has 3 N–H and O–H groups in total. The molecule has 114 valence electrons. The molecule has 0 atom stereocenters. The number of amides is 1. The van der Waals surface area contributed by atoms with Crippen molar-refractivity contribution in [2.24, 2.45) is 11.1 Å². The fourth-order valence-electron chi connectivity index (χ4n) is 2.45. The highest BCUT2D eigenvalue weighted by atomic mass is 32.1. The van der Waals surface area contributed by atoms with Crippen LogP contribution in [0.25, 0.3) is 10.2 Å². The summed E-state index contributed by atoms with van der Waals surface area (Å²) in [6.45, 7) is 5.04. The fourth-order valence-corrected chi connectivity index (χ4v) is 3.42. The van der Waals surface area contributed by atoms with Gasteiger partial charge in [-0.15, -0.1) is 11.3 Å². The molecule has 0 spiro atoms. The third kappa shape index (κ3) is 3.41. The van der Waals surface area contributed by atoms with Crippen molar-refractivity contribution in [1.82, 2.24) is 10.3 Å². The summed E-state index contributed by atoms with van der Waals surface area (Å²) in [5, 5.41) is 4.08. The average Bonchev–Trinajstić information content (AvgIpc) is 2.92. The molecular weight excluding hydrogens is 282 g/mol. The first-order chi connectivity index (χ1) is 10.1. The molecule has 0 aliphatic heterocycles. The quantitative estimate of drug-likeness (QED) is 0.826. The van der Waals surface area contributed by atoms with E-state index in [2.05, 4.69) is 16.4 Å². The van der Waals surface area contributed by atoms with E-state index in [0.29, 0.717) is 13.1 Å². The van der Waals surface area contributed by atoms with E-state index in [1.165, 1.54) is 4.70 Å². The van der Waals surface area contributed by atoms with E-state index >= 15 is 0 Å². The summed E-state index contributed by atoms with van der Waals surface area (Å²) in [6.07, 6.45) is 2.30. The van der Waals surface area contributed by atoms with Crippen LogP contribution in [0.4, 0.5) is 0 Å². The average molecular weight is 305 g/mol. The van der Waals surface area contributed by atoms with Gasteiger partial charge in [0.05, 0.1) is 20.6 Å². The summed E-state index contributed by atoms with van der Waals surface area (Å²) < 4.78 is 1.19. The zero-order chi connectivity index (χ0) is 15.3. The molecule has 0 saturated heterocycles. The van der Waals surface area contributed by atoms with Gasteiger partial charge >= 0.3 is 0 Å². The molecule has 1 amide bonds. The van der Waals surface area contributed by atoms with Crippen molar-refractivity contribution in [3.05, 3.63) is 29.3 Å². The van der Waals surface area contributed by atoms with Gasteiger partial charge in [0, 0.05) is 19.5 Å². The van der Waals surface area contributed by atoms with Crippen LogP contribution >= 0.6 is 11.3 Å². The molecule has 2 rings (SSSR count). The van der Waals surface area contributed by atoms with Gasteiger partial charge in [0.25, 0.3) is 0 Å². The summed E-state index contributed by atoms with van der Waals surface area (Å²) in [4.78, 5) is 16.9. The molecule has 0 aliphatic rings. The summed E-state index contributed by atoms with van der Waals surface area (Å²) >= 11 is 1.69. The maximum Gasteiger partial charge on any atom is 0.227 e.